The minimum Gasteiger partial charge on any atom is -0.378 e. The number of hydrogen-bond acceptors (Lipinski definition) is 8. The lowest BCUT2D eigenvalue weighted by Crippen LogP contribution is -2.57. The van der Waals surface area contributed by atoms with E-state index in [2.05, 4.69) is 31.2 Å². The molecule has 1 unspecified atom stereocenters. The van der Waals surface area contributed by atoms with E-state index in [9.17, 15) is 24.0 Å². The van der Waals surface area contributed by atoms with Crippen LogP contribution in [0.1, 0.15) is 42.3 Å². The monoisotopic (exact) mass is 642 g/mol. The van der Waals surface area contributed by atoms with Crippen LogP contribution >= 0.6 is 0 Å². The fraction of sp³-hybridized carbons (Fsp3) is 0.371. The van der Waals surface area contributed by atoms with Crippen molar-refractivity contribution in [3.8, 4) is 0 Å². The number of benzene rings is 2. The Balaban J connectivity index is 1.38. The van der Waals surface area contributed by atoms with Crippen molar-refractivity contribution in [1.82, 2.24) is 26.3 Å². The number of morpholine rings is 1. The van der Waals surface area contributed by atoms with Crippen LogP contribution < -0.4 is 26.2 Å². The predicted octanol–water partition coefficient (Wildman–Crippen LogP) is 1.79. The van der Waals surface area contributed by atoms with Crippen LogP contribution in [0.5, 0.6) is 0 Å². The molecule has 3 aromatic rings. The molecule has 4 rings (SSSR count). The van der Waals surface area contributed by atoms with Gasteiger partial charge in [0.2, 0.25) is 17.6 Å². The highest BCUT2D eigenvalue weighted by atomic mass is 16.5. The van der Waals surface area contributed by atoms with Crippen molar-refractivity contribution in [1.29, 1.82) is 0 Å². The maximum absolute atomic E-state index is 13.5. The van der Waals surface area contributed by atoms with Gasteiger partial charge in [-0.15, -0.1) is 0 Å². The molecule has 0 radical (unpaired) electrons. The summed E-state index contributed by atoms with van der Waals surface area (Å²) < 4.78 is 5.38. The van der Waals surface area contributed by atoms with Gasteiger partial charge in [-0.25, -0.2) is 4.98 Å². The maximum Gasteiger partial charge on any atom is 0.289 e. The molecule has 1 aromatic heterocycles. The number of anilines is 1. The minimum atomic E-state index is -1.11. The van der Waals surface area contributed by atoms with Crippen molar-refractivity contribution < 1.29 is 28.7 Å². The summed E-state index contributed by atoms with van der Waals surface area (Å²) in [5.74, 6) is -3.00. The molecule has 3 atom stereocenters. The predicted molar refractivity (Wildman–Crippen MR) is 176 cm³/mol. The largest absolute Gasteiger partial charge is 0.378 e. The van der Waals surface area contributed by atoms with E-state index in [4.69, 9.17) is 4.74 Å². The number of hydrogen-bond donors (Lipinski definition) is 4. The Hall–Kier alpha value is -5.10. The summed E-state index contributed by atoms with van der Waals surface area (Å²) in [5, 5.41) is 10.7. The van der Waals surface area contributed by atoms with Gasteiger partial charge in [0.1, 0.15) is 17.9 Å². The molecule has 0 bridgehead atoms. The first-order chi connectivity index (χ1) is 22.6. The molecule has 1 fully saturated rings. The average molecular weight is 643 g/mol. The SMILES string of the molecule is CC(NC(=O)[C@H](Cc1ccccc1)NC(=O)c1ccc(N2CCOCC2)nc1)C(=O)N[C@H](C(=O)C(=O)NCc1ccccc1)C(C)C. The fourth-order valence-electron chi connectivity index (χ4n) is 5.00. The number of Topliss-reactive ketones (excluding diaryl/α,β-unsaturated/α-hetero) is 1. The Morgan fingerprint density at radius 3 is 2.02 bits per heavy atom. The van der Waals surface area contributed by atoms with Crippen LogP contribution in [0.3, 0.4) is 0 Å². The van der Waals surface area contributed by atoms with Gasteiger partial charge < -0.3 is 30.9 Å². The molecule has 47 heavy (non-hydrogen) atoms. The Bertz CT molecular complexity index is 1510. The topological polar surface area (TPSA) is 159 Å². The van der Waals surface area contributed by atoms with Crippen molar-refractivity contribution in [2.75, 3.05) is 31.2 Å². The van der Waals surface area contributed by atoms with Crippen molar-refractivity contribution in [2.45, 2.75) is 51.9 Å². The minimum absolute atomic E-state index is 0.166. The van der Waals surface area contributed by atoms with Crippen LogP contribution in [0.4, 0.5) is 5.82 Å². The van der Waals surface area contributed by atoms with E-state index >= 15 is 0 Å². The third-order valence-electron chi connectivity index (χ3n) is 7.77. The van der Waals surface area contributed by atoms with E-state index in [-0.39, 0.29) is 18.5 Å². The molecule has 4 N–H and O–H groups in total. The van der Waals surface area contributed by atoms with Crippen LogP contribution in [-0.2, 0) is 36.9 Å². The van der Waals surface area contributed by atoms with Crippen LogP contribution in [-0.4, -0.2) is 78.8 Å². The van der Waals surface area contributed by atoms with Gasteiger partial charge in [-0.1, -0.05) is 74.5 Å². The van der Waals surface area contributed by atoms with Crippen molar-refractivity contribution >= 4 is 35.2 Å². The van der Waals surface area contributed by atoms with Gasteiger partial charge in [-0.2, -0.15) is 0 Å². The molecule has 12 nitrogen and oxygen atoms in total. The van der Waals surface area contributed by atoms with E-state index in [1.165, 1.54) is 13.1 Å². The van der Waals surface area contributed by atoms with E-state index in [0.29, 0.717) is 26.3 Å². The molecular formula is C35H42N6O6. The van der Waals surface area contributed by atoms with E-state index in [1.807, 2.05) is 60.7 Å². The lowest BCUT2D eigenvalue weighted by atomic mass is 9.98. The van der Waals surface area contributed by atoms with Gasteiger partial charge in [0.15, 0.2) is 0 Å². The zero-order valence-electron chi connectivity index (χ0n) is 26.9. The highest BCUT2D eigenvalue weighted by Gasteiger charge is 2.32. The number of amides is 4. The molecule has 0 spiro atoms. The van der Waals surface area contributed by atoms with Crippen LogP contribution in [0.25, 0.3) is 0 Å². The average Bonchev–Trinajstić information content (AvgIpc) is 3.10. The molecule has 4 amide bonds. The standard InChI is InChI=1S/C35H42N6O6/c1-23(2)30(31(42)35(46)37-21-26-12-8-5-9-13-26)40-32(43)24(3)38-34(45)28(20-25-10-6-4-7-11-25)39-33(44)27-14-15-29(36-22-27)41-16-18-47-19-17-41/h4-15,22-24,28,30H,16-21H2,1-3H3,(H,37,46)(H,38,45)(H,39,44)(H,40,43)/t24?,28-,30-/m0/s1. The van der Waals surface area contributed by atoms with Gasteiger partial charge in [-0.05, 0) is 36.1 Å². The van der Waals surface area contributed by atoms with Crippen molar-refractivity contribution in [3.05, 3.63) is 95.7 Å². The highest BCUT2D eigenvalue weighted by molar-refractivity contribution is 6.38. The summed E-state index contributed by atoms with van der Waals surface area (Å²) in [6.07, 6.45) is 1.63. The lowest BCUT2D eigenvalue weighted by molar-refractivity contribution is -0.141. The lowest BCUT2D eigenvalue weighted by Gasteiger charge is -2.27. The zero-order chi connectivity index (χ0) is 33.8. The Kier molecular flexibility index (Phi) is 12.6. The number of ether oxygens (including phenoxy) is 1. The fourth-order valence-corrected chi connectivity index (χ4v) is 5.00. The van der Waals surface area contributed by atoms with Gasteiger partial charge in [0.05, 0.1) is 24.8 Å². The summed E-state index contributed by atoms with van der Waals surface area (Å²) in [7, 11) is 0. The first-order valence-corrected chi connectivity index (χ1v) is 15.7. The summed E-state index contributed by atoms with van der Waals surface area (Å²) in [5.41, 5.74) is 1.91. The molecule has 0 saturated carbocycles. The van der Waals surface area contributed by atoms with Crippen LogP contribution in [0.15, 0.2) is 79.0 Å². The third kappa shape index (κ3) is 10.2. The van der Waals surface area contributed by atoms with Crippen molar-refractivity contribution in [2.24, 2.45) is 5.92 Å². The molecule has 0 aliphatic carbocycles. The molecule has 1 aliphatic rings. The highest BCUT2D eigenvalue weighted by Crippen LogP contribution is 2.14. The first-order valence-electron chi connectivity index (χ1n) is 15.7. The van der Waals surface area contributed by atoms with E-state index < -0.39 is 53.5 Å². The summed E-state index contributed by atoms with van der Waals surface area (Å²) >= 11 is 0. The zero-order valence-corrected chi connectivity index (χ0v) is 26.9. The number of rotatable bonds is 14. The number of carbonyl (C=O) groups is 5. The van der Waals surface area contributed by atoms with E-state index in [0.717, 1.165) is 16.9 Å². The molecule has 12 heteroatoms. The van der Waals surface area contributed by atoms with Crippen LogP contribution in [0, 0.1) is 5.92 Å². The molecule has 248 valence electrons. The smallest absolute Gasteiger partial charge is 0.289 e. The number of nitrogens with one attached hydrogen (secondary N) is 4. The Morgan fingerprint density at radius 2 is 1.43 bits per heavy atom. The number of nitrogens with zero attached hydrogens (tertiary/aromatic N) is 2. The summed E-state index contributed by atoms with van der Waals surface area (Å²) in [6, 6.07) is 18.5. The van der Waals surface area contributed by atoms with Gasteiger partial charge in [-0.3, -0.25) is 24.0 Å². The number of ketones is 1. The number of carbonyl (C=O) groups excluding carboxylic acids is 5. The number of pyridine rings is 1. The normalized spacial score (nSPS) is 14.8. The van der Waals surface area contributed by atoms with Gasteiger partial charge in [0, 0.05) is 32.3 Å². The van der Waals surface area contributed by atoms with Crippen LogP contribution in [0.2, 0.25) is 0 Å². The molecular weight excluding hydrogens is 600 g/mol. The van der Waals surface area contributed by atoms with E-state index in [1.54, 1.807) is 26.0 Å². The Morgan fingerprint density at radius 1 is 0.787 bits per heavy atom. The second kappa shape index (κ2) is 17.0. The quantitative estimate of drug-likeness (QED) is 0.194. The first kappa shape index (κ1) is 34.8. The molecule has 1 aliphatic heterocycles. The second-order valence-electron chi connectivity index (χ2n) is 11.7. The number of aromatic nitrogens is 1. The van der Waals surface area contributed by atoms with Gasteiger partial charge in [0.25, 0.3) is 11.8 Å². The Labute approximate surface area is 274 Å². The molecule has 2 heterocycles. The maximum atomic E-state index is 13.5. The third-order valence-corrected chi connectivity index (χ3v) is 7.77. The van der Waals surface area contributed by atoms with Gasteiger partial charge >= 0.3 is 0 Å². The molecule has 1 saturated heterocycles. The molecule has 2 aromatic carbocycles. The summed E-state index contributed by atoms with van der Waals surface area (Å²) in [6.45, 7) is 7.69. The second-order valence-corrected chi connectivity index (χ2v) is 11.7. The van der Waals surface area contributed by atoms with Crippen molar-refractivity contribution in [3.63, 3.8) is 0 Å². The summed E-state index contributed by atoms with van der Waals surface area (Å²) in [4.78, 5) is 72.0.